The highest BCUT2D eigenvalue weighted by Gasteiger charge is 2.26. The van der Waals surface area contributed by atoms with Crippen LogP contribution in [0.2, 0.25) is 0 Å². The average Bonchev–Trinajstić information content (AvgIpc) is 2.69. The summed E-state index contributed by atoms with van der Waals surface area (Å²) in [7, 11) is 0. The van der Waals surface area contributed by atoms with E-state index in [2.05, 4.69) is 39.9 Å². The lowest BCUT2D eigenvalue weighted by Gasteiger charge is -2.38. The summed E-state index contributed by atoms with van der Waals surface area (Å²) in [6.45, 7) is 4.24. The van der Waals surface area contributed by atoms with Crippen LogP contribution in [0.3, 0.4) is 0 Å². The molecule has 4 heteroatoms. The quantitative estimate of drug-likeness (QED) is 0.927. The van der Waals surface area contributed by atoms with Crippen molar-refractivity contribution in [1.29, 1.82) is 0 Å². The Morgan fingerprint density at radius 3 is 2.94 bits per heavy atom. The molecule has 1 fully saturated rings. The number of nitrogens with two attached hydrogens (primary N) is 1. The van der Waals surface area contributed by atoms with Crippen molar-refractivity contribution >= 4 is 27.3 Å². The third kappa shape index (κ3) is 2.67. The average molecular weight is 303 g/mol. The molecule has 2 heterocycles. The molecule has 2 atom stereocenters. The van der Waals surface area contributed by atoms with Gasteiger partial charge in [0.1, 0.15) is 0 Å². The summed E-state index contributed by atoms with van der Waals surface area (Å²) < 4.78 is 1.20. The molecule has 2 rings (SSSR count). The second kappa shape index (κ2) is 5.63. The molecule has 1 saturated heterocycles. The summed E-state index contributed by atoms with van der Waals surface area (Å²) in [4.78, 5) is 3.96. The minimum Gasteiger partial charge on any atom is -0.329 e. The first-order valence-electron chi connectivity index (χ1n) is 5.93. The molecule has 1 aromatic heterocycles. The predicted octanol–water partition coefficient (Wildman–Crippen LogP) is 3.38. The van der Waals surface area contributed by atoms with Gasteiger partial charge in [-0.2, -0.15) is 0 Å². The maximum absolute atomic E-state index is 5.96. The van der Waals surface area contributed by atoms with Crippen LogP contribution < -0.4 is 5.73 Å². The topological polar surface area (TPSA) is 29.3 Å². The Kier molecular flexibility index (Phi) is 4.41. The molecule has 0 bridgehead atoms. The molecule has 0 spiro atoms. The second-order valence-corrected chi connectivity index (χ2v) is 6.97. The Morgan fingerprint density at radius 1 is 1.56 bits per heavy atom. The minimum atomic E-state index is 0.409. The number of nitrogens with zero attached hydrogens (tertiary/aromatic N) is 1. The number of hydrogen-bond donors (Lipinski definition) is 1. The van der Waals surface area contributed by atoms with Crippen LogP contribution in [0.4, 0.5) is 0 Å². The molecule has 90 valence electrons. The SMILES string of the molecule is CC1CCCCN1C(CN)c1ccc(Br)s1. The molecule has 0 amide bonds. The fourth-order valence-corrected chi connectivity index (χ4v) is 4.06. The van der Waals surface area contributed by atoms with Gasteiger partial charge in [0.15, 0.2) is 0 Å². The van der Waals surface area contributed by atoms with Gasteiger partial charge in [-0.3, -0.25) is 4.90 Å². The van der Waals surface area contributed by atoms with Crippen LogP contribution in [0.5, 0.6) is 0 Å². The molecular weight excluding hydrogens is 284 g/mol. The fourth-order valence-electron chi connectivity index (χ4n) is 2.51. The van der Waals surface area contributed by atoms with Crippen LogP contribution in [0.15, 0.2) is 15.9 Å². The molecule has 0 aliphatic carbocycles. The largest absolute Gasteiger partial charge is 0.329 e. The van der Waals surface area contributed by atoms with Crippen molar-refractivity contribution in [3.63, 3.8) is 0 Å². The van der Waals surface area contributed by atoms with E-state index in [0.29, 0.717) is 12.1 Å². The zero-order valence-corrected chi connectivity index (χ0v) is 12.1. The lowest BCUT2D eigenvalue weighted by molar-refractivity contribution is 0.111. The highest BCUT2D eigenvalue weighted by atomic mass is 79.9. The molecule has 1 aromatic rings. The maximum Gasteiger partial charge on any atom is 0.0702 e. The molecule has 2 N–H and O–H groups in total. The van der Waals surface area contributed by atoms with E-state index in [1.54, 1.807) is 0 Å². The Hall–Kier alpha value is 0.1000. The summed E-state index contributed by atoms with van der Waals surface area (Å²) in [5.41, 5.74) is 5.96. The van der Waals surface area contributed by atoms with Crippen molar-refractivity contribution in [3.05, 3.63) is 20.8 Å². The lowest BCUT2D eigenvalue weighted by atomic mass is 10.0. The van der Waals surface area contributed by atoms with Crippen LogP contribution in [-0.2, 0) is 0 Å². The third-order valence-electron chi connectivity index (χ3n) is 3.40. The smallest absolute Gasteiger partial charge is 0.0702 e. The van der Waals surface area contributed by atoms with Crippen LogP contribution in [0, 0.1) is 0 Å². The van der Waals surface area contributed by atoms with Gasteiger partial charge >= 0.3 is 0 Å². The summed E-state index contributed by atoms with van der Waals surface area (Å²) in [5.74, 6) is 0. The van der Waals surface area contributed by atoms with Crippen molar-refractivity contribution < 1.29 is 0 Å². The first kappa shape index (κ1) is 12.6. The summed E-state index contributed by atoms with van der Waals surface area (Å²) in [5, 5.41) is 0. The Bertz CT molecular complexity index is 340. The second-order valence-electron chi connectivity index (χ2n) is 4.48. The first-order chi connectivity index (χ1) is 7.72. The maximum atomic E-state index is 5.96. The Morgan fingerprint density at radius 2 is 2.38 bits per heavy atom. The third-order valence-corrected chi connectivity index (χ3v) is 5.13. The molecule has 2 nitrogen and oxygen atoms in total. The number of piperidine rings is 1. The van der Waals surface area contributed by atoms with Crippen LogP contribution in [-0.4, -0.2) is 24.0 Å². The minimum absolute atomic E-state index is 0.409. The number of rotatable bonds is 3. The molecule has 0 radical (unpaired) electrons. The van der Waals surface area contributed by atoms with Crippen molar-refractivity contribution in [2.75, 3.05) is 13.1 Å². The van der Waals surface area contributed by atoms with Gasteiger partial charge in [-0.1, -0.05) is 6.42 Å². The van der Waals surface area contributed by atoms with E-state index in [0.717, 1.165) is 6.54 Å². The molecule has 1 aliphatic heterocycles. The van der Waals surface area contributed by atoms with E-state index < -0.39 is 0 Å². The van der Waals surface area contributed by atoms with E-state index in [4.69, 9.17) is 5.73 Å². The zero-order chi connectivity index (χ0) is 11.5. The summed E-state index contributed by atoms with van der Waals surface area (Å²) in [6.07, 6.45) is 3.99. The molecule has 0 aromatic carbocycles. The molecule has 16 heavy (non-hydrogen) atoms. The van der Waals surface area contributed by atoms with Crippen molar-refractivity contribution in [3.8, 4) is 0 Å². The van der Waals surface area contributed by atoms with Gasteiger partial charge < -0.3 is 5.73 Å². The van der Waals surface area contributed by atoms with Gasteiger partial charge in [0.25, 0.3) is 0 Å². The van der Waals surface area contributed by atoms with Gasteiger partial charge in [0.05, 0.1) is 9.83 Å². The van der Waals surface area contributed by atoms with Gasteiger partial charge in [-0.05, 0) is 54.4 Å². The van der Waals surface area contributed by atoms with Crippen LogP contribution in [0.1, 0.15) is 37.1 Å². The van der Waals surface area contributed by atoms with Crippen LogP contribution in [0.25, 0.3) is 0 Å². The standard InChI is InChI=1S/C12H19BrN2S/c1-9-4-2-3-7-15(9)10(8-14)11-5-6-12(13)16-11/h5-6,9-10H,2-4,7-8,14H2,1H3. The monoisotopic (exact) mass is 302 g/mol. The van der Waals surface area contributed by atoms with Gasteiger partial charge in [-0.15, -0.1) is 11.3 Å². The Labute approximate surface area is 110 Å². The lowest BCUT2D eigenvalue weighted by Crippen LogP contribution is -2.42. The number of hydrogen-bond acceptors (Lipinski definition) is 3. The molecule has 0 saturated carbocycles. The van der Waals surface area contributed by atoms with E-state index in [-0.39, 0.29) is 0 Å². The van der Waals surface area contributed by atoms with Crippen molar-refractivity contribution in [2.45, 2.75) is 38.3 Å². The summed E-state index contributed by atoms with van der Waals surface area (Å²) >= 11 is 5.34. The van der Waals surface area contributed by atoms with Crippen LogP contribution >= 0.6 is 27.3 Å². The highest BCUT2D eigenvalue weighted by Crippen LogP contribution is 2.33. The van der Waals surface area contributed by atoms with Gasteiger partial charge in [0, 0.05) is 17.5 Å². The number of likely N-dealkylation sites (tertiary alicyclic amines) is 1. The number of thiophene rings is 1. The van der Waals surface area contributed by atoms with Gasteiger partial charge in [0.2, 0.25) is 0 Å². The zero-order valence-electron chi connectivity index (χ0n) is 9.66. The Balaban J connectivity index is 2.14. The van der Waals surface area contributed by atoms with Crippen molar-refractivity contribution in [2.24, 2.45) is 5.73 Å². The molecule has 1 aliphatic rings. The van der Waals surface area contributed by atoms with E-state index in [9.17, 15) is 0 Å². The number of halogens is 1. The van der Waals surface area contributed by atoms with E-state index >= 15 is 0 Å². The molecular formula is C12H19BrN2S. The predicted molar refractivity (Wildman–Crippen MR) is 73.8 cm³/mol. The molecule has 2 unspecified atom stereocenters. The fraction of sp³-hybridized carbons (Fsp3) is 0.667. The van der Waals surface area contributed by atoms with E-state index in [1.807, 2.05) is 11.3 Å². The first-order valence-corrected chi connectivity index (χ1v) is 7.54. The highest BCUT2D eigenvalue weighted by molar-refractivity contribution is 9.11. The van der Waals surface area contributed by atoms with Crippen molar-refractivity contribution in [1.82, 2.24) is 4.90 Å². The summed E-state index contributed by atoms with van der Waals surface area (Å²) in [6, 6.07) is 5.40. The normalized spacial score (nSPS) is 24.6. The van der Waals surface area contributed by atoms with Gasteiger partial charge in [-0.25, -0.2) is 0 Å². The van der Waals surface area contributed by atoms with E-state index in [1.165, 1.54) is 34.5 Å².